The number of nitrogens with one attached hydrogen (secondary N) is 3. The summed E-state index contributed by atoms with van der Waals surface area (Å²) in [5.74, 6) is 1.51. The van der Waals surface area contributed by atoms with E-state index in [1.807, 2.05) is 30.5 Å². The van der Waals surface area contributed by atoms with Crippen LogP contribution < -0.4 is 10.6 Å². The first-order valence-electron chi connectivity index (χ1n) is 17.3. The number of H-pyrrole nitrogens is 1. The second kappa shape index (κ2) is 14.0. The molecular formula is C39H33Cl2N9O3. The molecule has 4 aliphatic rings. The van der Waals surface area contributed by atoms with Crippen LogP contribution in [0.4, 0.5) is 22.9 Å². The Bertz CT molecular complexity index is 2410. The largest absolute Gasteiger partial charge is 0.338 e. The van der Waals surface area contributed by atoms with Crippen LogP contribution in [-0.4, -0.2) is 49.0 Å². The molecule has 5 aromatic rings. The molecule has 2 aliphatic carbocycles. The number of nitro groups is 1. The van der Waals surface area contributed by atoms with Gasteiger partial charge in [0.05, 0.1) is 39.1 Å². The van der Waals surface area contributed by atoms with Gasteiger partial charge in [0.1, 0.15) is 11.4 Å². The van der Waals surface area contributed by atoms with Crippen molar-refractivity contribution in [3.63, 3.8) is 0 Å². The van der Waals surface area contributed by atoms with Crippen molar-refractivity contribution >= 4 is 63.4 Å². The van der Waals surface area contributed by atoms with Crippen LogP contribution in [0.2, 0.25) is 10.0 Å². The number of aromatic nitrogens is 4. The minimum Gasteiger partial charge on any atom is -0.338 e. The Morgan fingerprint density at radius 2 is 1.57 bits per heavy atom. The normalized spacial score (nSPS) is 15.9. The van der Waals surface area contributed by atoms with Crippen LogP contribution in [-0.2, 0) is 0 Å². The van der Waals surface area contributed by atoms with Crippen LogP contribution in [0.1, 0.15) is 88.6 Å². The molecule has 0 bridgehead atoms. The number of rotatable bonds is 8. The molecule has 2 saturated carbocycles. The molecule has 266 valence electrons. The van der Waals surface area contributed by atoms with E-state index in [2.05, 4.69) is 43.8 Å². The van der Waals surface area contributed by atoms with Gasteiger partial charge in [-0.15, -0.1) is 5.10 Å². The van der Waals surface area contributed by atoms with Gasteiger partial charge in [-0.2, -0.15) is 0 Å². The Morgan fingerprint density at radius 1 is 0.887 bits per heavy atom. The van der Waals surface area contributed by atoms with E-state index in [-0.39, 0.29) is 22.9 Å². The standard InChI is InChI=1S/C20H17ClN4.C19H16ClN5O3/c1-11-9-23-20-18(11)25-19(13-4-2-3-5-15(13)21)14-10-22-16(12-6-7-12)8-17(14)24-20;1-10-17(25(27)28)19(24-23-10)22-16-8-15(11-6-7-11)21-9-13(16)18(26)12-4-2-3-5-14(12)20/h2-5,8,10,12H,6-7,9H2,1H3,(H,23,24);2-5,8-9,11H,6-7H2,1H3,(H2,21,22,23,24). The number of aryl methyl sites for hydroxylation is 1. The molecule has 0 amide bonds. The first kappa shape index (κ1) is 34.4. The summed E-state index contributed by atoms with van der Waals surface area (Å²) in [7, 11) is 0. The fraction of sp³-hybridized carbons (Fsp3) is 0.231. The average molecular weight is 747 g/mol. The van der Waals surface area contributed by atoms with Crippen molar-refractivity contribution in [1.82, 2.24) is 20.2 Å². The molecule has 0 saturated heterocycles. The maximum atomic E-state index is 13.1. The lowest BCUT2D eigenvalue weighted by molar-refractivity contribution is -0.384. The van der Waals surface area contributed by atoms with Gasteiger partial charge in [0.25, 0.3) is 0 Å². The molecule has 3 N–H and O–H groups in total. The predicted octanol–water partition coefficient (Wildman–Crippen LogP) is 9.09. The van der Waals surface area contributed by atoms with E-state index in [0.717, 1.165) is 63.9 Å². The summed E-state index contributed by atoms with van der Waals surface area (Å²) in [6, 6.07) is 18.5. The molecule has 14 heteroatoms. The van der Waals surface area contributed by atoms with Crippen LogP contribution in [0.15, 0.2) is 94.3 Å². The van der Waals surface area contributed by atoms with E-state index >= 15 is 0 Å². The lowest BCUT2D eigenvalue weighted by atomic mass is 10.0. The van der Waals surface area contributed by atoms with Crippen molar-refractivity contribution in [1.29, 1.82) is 0 Å². The number of benzene rings is 2. The number of aliphatic imine (C=N–C) groups is 2. The number of aromatic amines is 1. The number of nitrogens with zero attached hydrogens (tertiary/aromatic N) is 6. The Labute approximate surface area is 314 Å². The third-order valence-corrected chi connectivity index (χ3v) is 10.2. The van der Waals surface area contributed by atoms with Gasteiger partial charge in [-0.1, -0.05) is 53.5 Å². The number of pyridine rings is 2. The number of carbonyl (C=O) groups is 1. The van der Waals surface area contributed by atoms with Crippen LogP contribution in [0.25, 0.3) is 0 Å². The monoisotopic (exact) mass is 745 g/mol. The maximum Gasteiger partial charge on any atom is 0.333 e. The highest BCUT2D eigenvalue weighted by Gasteiger charge is 2.31. The van der Waals surface area contributed by atoms with Gasteiger partial charge in [-0.3, -0.25) is 35.0 Å². The van der Waals surface area contributed by atoms with Crippen molar-refractivity contribution in [2.24, 2.45) is 9.98 Å². The molecule has 2 aliphatic heterocycles. The summed E-state index contributed by atoms with van der Waals surface area (Å²) in [5.41, 5.74) is 8.99. The van der Waals surface area contributed by atoms with Crippen molar-refractivity contribution in [2.45, 2.75) is 51.4 Å². The van der Waals surface area contributed by atoms with Gasteiger partial charge in [0.15, 0.2) is 11.6 Å². The highest BCUT2D eigenvalue weighted by Crippen LogP contribution is 2.42. The number of carbonyl (C=O) groups excluding carboxylic acids is 1. The fourth-order valence-corrected chi connectivity index (χ4v) is 6.78. The molecule has 3 aromatic heterocycles. The van der Waals surface area contributed by atoms with E-state index < -0.39 is 4.92 Å². The Kier molecular flexibility index (Phi) is 9.09. The smallest absolute Gasteiger partial charge is 0.333 e. The number of anilines is 3. The van der Waals surface area contributed by atoms with E-state index in [1.54, 1.807) is 37.3 Å². The third-order valence-electron chi connectivity index (χ3n) is 9.52. The highest BCUT2D eigenvalue weighted by atomic mass is 35.5. The molecule has 12 nitrogen and oxygen atoms in total. The predicted molar refractivity (Wildman–Crippen MR) is 206 cm³/mol. The first-order chi connectivity index (χ1) is 25.7. The average Bonchev–Trinajstić information content (AvgIpc) is 4.09. The summed E-state index contributed by atoms with van der Waals surface area (Å²) in [5, 5.41) is 25.4. The maximum absolute atomic E-state index is 13.1. The van der Waals surface area contributed by atoms with E-state index in [1.165, 1.54) is 19.0 Å². The van der Waals surface area contributed by atoms with Crippen molar-refractivity contribution < 1.29 is 9.72 Å². The van der Waals surface area contributed by atoms with Crippen LogP contribution >= 0.6 is 23.2 Å². The van der Waals surface area contributed by atoms with Crippen LogP contribution in [0, 0.1) is 17.0 Å². The van der Waals surface area contributed by atoms with E-state index in [0.29, 0.717) is 45.4 Å². The fourth-order valence-electron chi connectivity index (χ4n) is 6.33. The highest BCUT2D eigenvalue weighted by molar-refractivity contribution is 6.37. The minimum atomic E-state index is -0.514. The summed E-state index contributed by atoms with van der Waals surface area (Å²) in [4.78, 5) is 42.6. The van der Waals surface area contributed by atoms with E-state index in [9.17, 15) is 14.9 Å². The van der Waals surface area contributed by atoms with Gasteiger partial charge in [-0.05, 0) is 75.4 Å². The zero-order valence-electron chi connectivity index (χ0n) is 28.8. The second-order valence-electron chi connectivity index (χ2n) is 13.5. The molecule has 53 heavy (non-hydrogen) atoms. The molecule has 0 unspecified atom stereocenters. The van der Waals surface area contributed by atoms with Crippen molar-refractivity contribution in [2.75, 3.05) is 17.2 Å². The number of hydrogen-bond acceptors (Lipinski definition) is 10. The molecular weight excluding hydrogens is 713 g/mol. The lowest BCUT2D eigenvalue weighted by Crippen LogP contribution is -2.12. The number of halogens is 2. The number of hydrogen-bond donors (Lipinski definition) is 3. The molecule has 5 heterocycles. The van der Waals surface area contributed by atoms with Crippen molar-refractivity contribution in [3.05, 3.63) is 144 Å². The first-order valence-corrected chi connectivity index (χ1v) is 18.0. The minimum absolute atomic E-state index is 0.0451. The Morgan fingerprint density at radius 3 is 2.26 bits per heavy atom. The Hall–Kier alpha value is -5.72. The quantitative estimate of drug-likeness (QED) is 0.0804. The molecule has 0 atom stereocenters. The van der Waals surface area contributed by atoms with Gasteiger partial charge < -0.3 is 10.6 Å². The lowest BCUT2D eigenvalue weighted by Gasteiger charge is -2.12. The topological polar surface area (TPSA) is 163 Å². The summed E-state index contributed by atoms with van der Waals surface area (Å²) >= 11 is 12.7. The molecule has 9 rings (SSSR count). The van der Waals surface area contributed by atoms with Gasteiger partial charge >= 0.3 is 5.69 Å². The summed E-state index contributed by atoms with van der Waals surface area (Å²) in [6.07, 6.45) is 7.94. The van der Waals surface area contributed by atoms with Gasteiger partial charge in [0, 0.05) is 57.3 Å². The Balaban J connectivity index is 0.000000152. The SMILES string of the molecule is CC1=C2N=C(c3ccccc3Cl)c3cnc(C4CC4)cc3NC2=NC1.Cc1[nH]nc(Nc2cc(C3CC3)ncc2C(=O)c2ccccc2Cl)c1[N+](=O)[O-]. The molecule has 2 fully saturated rings. The van der Waals surface area contributed by atoms with Gasteiger partial charge in [-0.25, -0.2) is 4.99 Å². The zero-order valence-corrected chi connectivity index (χ0v) is 30.3. The molecule has 0 spiro atoms. The van der Waals surface area contributed by atoms with Gasteiger partial charge in [0.2, 0.25) is 5.82 Å². The van der Waals surface area contributed by atoms with E-state index in [4.69, 9.17) is 33.2 Å². The molecule has 0 radical (unpaired) electrons. The number of fused-ring (bicyclic) bond motifs is 2. The summed E-state index contributed by atoms with van der Waals surface area (Å²) in [6.45, 7) is 4.33. The second-order valence-corrected chi connectivity index (χ2v) is 14.3. The number of ketones is 1. The number of amidine groups is 1. The van der Waals surface area contributed by atoms with Crippen molar-refractivity contribution in [3.8, 4) is 0 Å². The van der Waals surface area contributed by atoms with Crippen LogP contribution in [0.5, 0.6) is 0 Å². The summed E-state index contributed by atoms with van der Waals surface area (Å²) < 4.78 is 0. The third kappa shape index (κ3) is 6.95. The van der Waals surface area contributed by atoms with Crippen LogP contribution in [0.3, 0.4) is 0 Å². The molecule has 2 aromatic carbocycles. The zero-order chi connectivity index (χ0) is 36.8.